The van der Waals surface area contributed by atoms with Gasteiger partial charge in [-0.05, 0) is 70.6 Å². The van der Waals surface area contributed by atoms with Crippen molar-refractivity contribution in [2.24, 2.45) is 5.92 Å². The maximum Gasteiger partial charge on any atom is 0.303 e. The number of carboxylic acids is 1. The number of ether oxygens (including phenoxy) is 1. The van der Waals surface area contributed by atoms with E-state index in [1.54, 1.807) is 0 Å². The molecule has 1 aromatic carbocycles. The lowest BCUT2D eigenvalue weighted by Crippen LogP contribution is -2.45. The van der Waals surface area contributed by atoms with Crippen LogP contribution >= 0.6 is 0 Å². The van der Waals surface area contributed by atoms with Gasteiger partial charge < -0.3 is 14.9 Å². The molecule has 4 heteroatoms. The highest BCUT2D eigenvalue weighted by atomic mass is 16.5. The smallest absolute Gasteiger partial charge is 0.303 e. The number of hydrogen-bond acceptors (Lipinski definition) is 3. The van der Waals surface area contributed by atoms with Gasteiger partial charge in [-0.25, -0.2) is 0 Å². The van der Waals surface area contributed by atoms with Crippen LogP contribution in [0.3, 0.4) is 0 Å². The predicted octanol–water partition coefficient (Wildman–Crippen LogP) is 4.80. The molecule has 1 aliphatic carbocycles. The van der Waals surface area contributed by atoms with Crippen molar-refractivity contribution in [3.63, 3.8) is 0 Å². The van der Waals surface area contributed by atoms with Crippen molar-refractivity contribution in [3.05, 3.63) is 34.9 Å². The third kappa shape index (κ3) is 3.68. The highest BCUT2D eigenvalue weighted by molar-refractivity contribution is 5.66. The van der Waals surface area contributed by atoms with Crippen molar-refractivity contribution < 1.29 is 19.7 Å². The molecule has 4 nitrogen and oxygen atoms in total. The Morgan fingerprint density at radius 3 is 2.80 bits per heavy atom. The molecule has 0 spiro atoms. The Kier molecular flexibility index (Phi) is 4.81. The second kappa shape index (κ2) is 6.74. The van der Waals surface area contributed by atoms with E-state index in [9.17, 15) is 9.90 Å². The zero-order valence-corrected chi connectivity index (χ0v) is 15.3. The van der Waals surface area contributed by atoms with E-state index in [4.69, 9.17) is 9.84 Å². The maximum atomic E-state index is 10.7. The van der Waals surface area contributed by atoms with E-state index in [1.807, 2.05) is 12.1 Å². The minimum atomic E-state index is -0.760. The SMILES string of the molecule is CC1=C[C@H]2c3c(O)cc(CCCCC(=O)O)cc3OC(C)(C)[C@@H]2CC1. The summed E-state index contributed by atoms with van der Waals surface area (Å²) < 4.78 is 6.31. The number of aromatic hydroxyl groups is 1. The highest BCUT2D eigenvalue weighted by Gasteiger charge is 2.45. The summed E-state index contributed by atoms with van der Waals surface area (Å²) in [5.74, 6) is 0.904. The lowest BCUT2D eigenvalue weighted by molar-refractivity contribution is -0.137. The summed E-state index contributed by atoms with van der Waals surface area (Å²) in [6.45, 7) is 6.43. The van der Waals surface area contributed by atoms with Crippen LogP contribution in [0.4, 0.5) is 0 Å². The second-order valence-corrected chi connectivity index (χ2v) is 8.02. The number of phenols is 1. The number of rotatable bonds is 5. The minimum Gasteiger partial charge on any atom is -0.507 e. The molecule has 0 fully saturated rings. The zero-order valence-electron chi connectivity index (χ0n) is 15.3. The van der Waals surface area contributed by atoms with Gasteiger partial charge in [-0.3, -0.25) is 4.79 Å². The van der Waals surface area contributed by atoms with Crippen molar-refractivity contribution in [1.29, 1.82) is 0 Å². The Balaban J connectivity index is 1.87. The van der Waals surface area contributed by atoms with Crippen LogP contribution in [0, 0.1) is 5.92 Å². The summed E-state index contributed by atoms with van der Waals surface area (Å²) in [6.07, 6.45) is 6.84. The van der Waals surface area contributed by atoms with Gasteiger partial charge in [0.2, 0.25) is 0 Å². The average molecular weight is 344 g/mol. The fraction of sp³-hybridized carbons (Fsp3) is 0.571. The number of hydrogen-bond donors (Lipinski definition) is 2. The summed E-state index contributed by atoms with van der Waals surface area (Å²) in [7, 11) is 0. The monoisotopic (exact) mass is 344 g/mol. The third-order valence-electron chi connectivity index (χ3n) is 5.63. The van der Waals surface area contributed by atoms with Crippen molar-refractivity contribution in [2.75, 3.05) is 0 Å². The molecule has 0 saturated carbocycles. The van der Waals surface area contributed by atoms with Gasteiger partial charge in [0.1, 0.15) is 17.1 Å². The number of unbranched alkanes of at least 4 members (excludes halogenated alkanes) is 1. The van der Waals surface area contributed by atoms with Crippen LogP contribution in [-0.4, -0.2) is 21.8 Å². The average Bonchev–Trinajstić information content (AvgIpc) is 2.50. The molecule has 25 heavy (non-hydrogen) atoms. The fourth-order valence-electron chi connectivity index (χ4n) is 4.33. The lowest BCUT2D eigenvalue weighted by atomic mass is 9.68. The molecule has 2 aliphatic rings. The number of benzene rings is 1. The van der Waals surface area contributed by atoms with Gasteiger partial charge >= 0.3 is 5.97 Å². The molecular weight excluding hydrogens is 316 g/mol. The van der Waals surface area contributed by atoms with Gasteiger partial charge in [0.05, 0.1) is 0 Å². The van der Waals surface area contributed by atoms with Gasteiger partial charge in [-0.15, -0.1) is 0 Å². The molecule has 0 saturated heterocycles. The van der Waals surface area contributed by atoms with Crippen molar-refractivity contribution in [1.82, 2.24) is 0 Å². The van der Waals surface area contributed by atoms with Crippen LogP contribution in [0.2, 0.25) is 0 Å². The summed E-state index contributed by atoms with van der Waals surface area (Å²) in [5.41, 5.74) is 3.04. The van der Waals surface area contributed by atoms with E-state index in [0.717, 1.165) is 42.6 Å². The van der Waals surface area contributed by atoms with E-state index in [1.165, 1.54) is 5.57 Å². The molecule has 136 valence electrons. The van der Waals surface area contributed by atoms with Gasteiger partial charge in [0, 0.05) is 23.8 Å². The van der Waals surface area contributed by atoms with Crippen LogP contribution in [-0.2, 0) is 11.2 Å². The van der Waals surface area contributed by atoms with Crippen LogP contribution in [0.1, 0.15) is 69.9 Å². The molecular formula is C21H28O4. The number of fused-ring (bicyclic) bond motifs is 3. The number of aryl methyl sites for hydroxylation is 1. The van der Waals surface area contributed by atoms with Crippen LogP contribution in [0.15, 0.2) is 23.8 Å². The Labute approximate surface area is 149 Å². The molecule has 0 amide bonds. The second-order valence-electron chi connectivity index (χ2n) is 8.02. The Morgan fingerprint density at radius 2 is 2.08 bits per heavy atom. The van der Waals surface area contributed by atoms with Gasteiger partial charge in [0.15, 0.2) is 0 Å². The van der Waals surface area contributed by atoms with Crippen LogP contribution in [0.5, 0.6) is 11.5 Å². The van der Waals surface area contributed by atoms with E-state index >= 15 is 0 Å². The van der Waals surface area contributed by atoms with E-state index in [0.29, 0.717) is 18.1 Å². The quantitative estimate of drug-likeness (QED) is 0.595. The maximum absolute atomic E-state index is 10.7. The summed E-state index contributed by atoms with van der Waals surface area (Å²) in [4.78, 5) is 10.6. The minimum absolute atomic E-state index is 0.189. The molecule has 0 aromatic heterocycles. The standard InChI is InChI=1S/C21H28O4/c1-13-8-9-16-15(10-13)20-17(22)11-14(6-4-5-7-19(23)24)12-18(20)25-21(16,2)3/h10-12,15-16,22H,4-9H2,1-3H3,(H,23,24)/t15-,16-/m1/s1. The normalized spacial score (nSPS) is 23.9. The van der Waals surface area contributed by atoms with Crippen LogP contribution in [0.25, 0.3) is 0 Å². The van der Waals surface area contributed by atoms with Crippen molar-refractivity contribution in [2.45, 2.75) is 70.8 Å². The molecule has 2 N–H and O–H groups in total. The molecule has 1 aliphatic heterocycles. The Hall–Kier alpha value is -1.97. The summed E-state index contributed by atoms with van der Waals surface area (Å²) in [6, 6.07) is 3.86. The van der Waals surface area contributed by atoms with E-state index in [2.05, 4.69) is 26.8 Å². The van der Waals surface area contributed by atoms with E-state index in [-0.39, 0.29) is 17.9 Å². The Morgan fingerprint density at radius 1 is 1.32 bits per heavy atom. The molecule has 0 unspecified atom stereocenters. The van der Waals surface area contributed by atoms with Crippen molar-refractivity contribution >= 4 is 5.97 Å². The first-order valence-electron chi connectivity index (χ1n) is 9.22. The summed E-state index contributed by atoms with van der Waals surface area (Å²) in [5, 5.41) is 19.4. The highest BCUT2D eigenvalue weighted by Crippen LogP contribution is 2.53. The number of carbonyl (C=O) groups is 1. The molecule has 1 aromatic rings. The lowest BCUT2D eigenvalue weighted by Gasteiger charge is -2.46. The third-order valence-corrected chi connectivity index (χ3v) is 5.63. The predicted molar refractivity (Wildman–Crippen MR) is 97.2 cm³/mol. The van der Waals surface area contributed by atoms with Gasteiger partial charge in [0.25, 0.3) is 0 Å². The molecule has 0 bridgehead atoms. The van der Waals surface area contributed by atoms with E-state index < -0.39 is 5.97 Å². The van der Waals surface area contributed by atoms with Gasteiger partial charge in [-0.2, -0.15) is 0 Å². The first kappa shape index (κ1) is 17.8. The first-order valence-corrected chi connectivity index (χ1v) is 9.22. The zero-order chi connectivity index (χ0) is 18.2. The van der Waals surface area contributed by atoms with Crippen molar-refractivity contribution in [3.8, 4) is 11.5 Å². The Bertz CT molecular complexity index is 702. The molecule has 3 rings (SSSR count). The largest absolute Gasteiger partial charge is 0.507 e. The number of allylic oxidation sites excluding steroid dienone is 2. The number of phenolic OH excluding ortho intramolecular Hbond substituents is 1. The fourth-order valence-corrected chi connectivity index (χ4v) is 4.33. The molecule has 2 atom stereocenters. The van der Waals surface area contributed by atoms with Gasteiger partial charge in [-0.1, -0.05) is 11.6 Å². The topological polar surface area (TPSA) is 66.8 Å². The molecule has 0 radical (unpaired) electrons. The molecule has 1 heterocycles. The first-order chi connectivity index (χ1) is 11.8. The summed E-state index contributed by atoms with van der Waals surface area (Å²) >= 11 is 0. The number of aliphatic carboxylic acids is 1. The number of carboxylic acid groups (broad SMARTS) is 1. The van der Waals surface area contributed by atoms with Crippen LogP contribution < -0.4 is 4.74 Å².